The molecule has 0 spiro atoms. The second-order valence-electron chi connectivity index (χ2n) is 8.45. The first-order valence-electron chi connectivity index (χ1n) is 11.6. The van der Waals surface area contributed by atoms with Gasteiger partial charge in [-0.05, 0) is 69.0 Å². The second kappa shape index (κ2) is 12.1. The summed E-state index contributed by atoms with van der Waals surface area (Å²) in [6, 6.07) is 11.8. The van der Waals surface area contributed by atoms with E-state index in [4.69, 9.17) is 11.6 Å². The van der Waals surface area contributed by atoms with E-state index in [2.05, 4.69) is 34.4 Å². The van der Waals surface area contributed by atoms with Crippen LogP contribution in [0.2, 0.25) is 5.02 Å². The Morgan fingerprint density at radius 2 is 1.84 bits per heavy atom. The van der Waals surface area contributed by atoms with Gasteiger partial charge in [0.15, 0.2) is 0 Å². The molecule has 168 valence electrons. The van der Waals surface area contributed by atoms with Crippen molar-refractivity contribution in [2.75, 3.05) is 30.3 Å². The molecule has 31 heavy (non-hydrogen) atoms. The molecule has 0 aliphatic carbocycles. The predicted molar refractivity (Wildman–Crippen MR) is 130 cm³/mol. The van der Waals surface area contributed by atoms with Crippen LogP contribution >= 0.6 is 11.6 Å². The summed E-state index contributed by atoms with van der Waals surface area (Å²) in [5.74, 6) is 0.953. The number of likely N-dealkylation sites (tertiary alicyclic amines) is 1. The molecule has 2 aromatic rings. The summed E-state index contributed by atoms with van der Waals surface area (Å²) >= 11 is 5.87. The van der Waals surface area contributed by atoms with Gasteiger partial charge in [-0.3, -0.25) is 4.79 Å². The number of benzene rings is 1. The van der Waals surface area contributed by atoms with Gasteiger partial charge in [0.25, 0.3) is 5.91 Å². The van der Waals surface area contributed by atoms with Crippen molar-refractivity contribution in [3.05, 3.63) is 53.2 Å². The van der Waals surface area contributed by atoms with Crippen LogP contribution in [0.1, 0.15) is 62.7 Å². The van der Waals surface area contributed by atoms with Gasteiger partial charge in [0, 0.05) is 24.5 Å². The van der Waals surface area contributed by atoms with Gasteiger partial charge in [0.05, 0.1) is 10.6 Å². The zero-order chi connectivity index (χ0) is 22.1. The van der Waals surface area contributed by atoms with E-state index in [-0.39, 0.29) is 5.91 Å². The number of nitrogens with zero attached hydrogens (tertiary/aromatic N) is 2. The molecule has 1 saturated heterocycles. The van der Waals surface area contributed by atoms with Crippen LogP contribution in [0.15, 0.2) is 42.6 Å². The number of hydrogen-bond acceptors (Lipinski definition) is 4. The molecule has 0 radical (unpaired) electrons. The van der Waals surface area contributed by atoms with E-state index in [1.54, 1.807) is 12.1 Å². The quantitative estimate of drug-likeness (QED) is 0.468. The van der Waals surface area contributed by atoms with Crippen molar-refractivity contribution in [2.24, 2.45) is 5.92 Å². The van der Waals surface area contributed by atoms with Crippen LogP contribution in [0.25, 0.3) is 0 Å². The lowest BCUT2D eigenvalue weighted by Gasteiger charge is -2.38. The minimum atomic E-state index is -0.172. The Morgan fingerprint density at radius 1 is 1.13 bits per heavy atom. The monoisotopic (exact) mass is 442 g/mol. The number of pyridine rings is 1. The number of carbonyl (C=O) groups is 1. The Kier molecular flexibility index (Phi) is 9.16. The van der Waals surface area contributed by atoms with E-state index in [0.717, 1.165) is 18.3 Å². The van der Waals surface area contributed by atoms with Crippen molar-refractivity contribution < 1.29 is 4.79 Å². The smallest absolute Gasteiger partial charge is 0.258 e. The lowest BCUT2D eigenvalue weighted by molar-refractivity contribution is 0.102. The number of hydrogen-bond donors (Lipinski definition) is 2. The number of piperidine rings is 1. The average Bonchev–Trinajstić information content (AvgIpc) is 2.79. The number of anilines is 2. The molecule has 0 atom stereocenters. The fourth-order valence-corrected chi connectivity index (χ4v) is 4.53. The Hall–Kier alpha value is -2.11. The van der Waals surface area contributed by atoms with Crippen molar-refractivity contribution in [3.63, 3.8) is 0 Å². The lowest BCUT2D eigenvalue weighted by Crippen LogP contribution is -2.42. The second-order valence-corrected chi connectivity index (χ2v) is 8.89. The van der Waals surface area contributed by atoms with Gasteiger partial charge in [-0.1, -0.05) is 50.4 Å². The number of amides is 1. The maximum atomic E-state index is 12.8. The van der Waals surface area contributed by atoms with Crippen LogP contribution < -0.4 is 10.6 Å². The lowest BCUT2D eigenvalue weighted by atomic mass is 9.93. The Balaban J connectivity index is 1.53. The summed E-state index contributed by atoms with van der Waals surface area (Å²) < 4.78 is 0. The van der Waals surface area contributed by atoms with Gasteiger partial charge >= 0.3 is 0 Å². The molecule has 1 aromatic carbocycles. The Morgan fingerprint density at radius 3 is 2.48 bits per heavy atom. The van der Waals surface area contributed by atoms with E-state index >= 15 is 0 Å². The number of nitrogens with one attached hydrogen (secondary N) is 2. The Labute approximate surface area is 191 Å². The van der Waals surface area contributed by atoms with Gasteiger partial charge in [-0.2, -0.15) is 0 Å². The zero-order valence-electron chi connectivity index (χ0n) is 18.7. The van der Waals surface area contributed by atoms with E-state index in [9.17, 15) is 4.79 Å². The number of rotatable bonds is 10. The van der Waals surface area contributed by atoms with E-state index in [0.29, 0.717) is 22.3 Å². The number of halogens is 1. The van der Waals surface area contributed by atoms with Gasteiger partial charge < -0.3 is 15.5 Å². The van der Waals surface area contributed by atoms with Crippen LogP contribution in [0.5, 0.6) is 0 Å². The van der Waals surface area contributed by atoms with Crippen LogP contribution in [0.3, 0.4) is 0 Å². The summed E-state index contributed by atoms with van der Waals surface area (Å²) in [4.78, 5) is 19.6. The molecule has 1 fully saturated rings. The van der Waals surface area contributed by atoms with E-state index < -0.39 is 0 Å². The first-order chi connectivity index (χ1) is 15.1. The van der Waals surface area contributed by atoms with E-state index in [1.807, 2.05) is 24.3 Å². The highest BCUT2D eigenvalue weighted by Crippen LogP contribution is 2.24. The minimum Gasteiger partial charge on any atom is -0.384 e. The van der Waals surface area contributed by atoms with Crippen LogP contribution in [-0.4, -0.2) is 41.5 Å². The number of para-hydroxylation sites is 1. The van der Waals surface area contributed by atoms with Crippen molar-refractivity contribution in [1.29, 1.82) is 0 Å². The molecule has 6 heteroatoms. The highest BCUT2D eigenvalue weighted by Gasteiger charge is 2.24. The van der Waals surface area contributed by atoms with Gasteiger partial charge in [0.1, 0.15) is 5.82 Å². The molecular formula is C25H35ClN4O. The summed E-state index contributed by atoms with van der Waals surface area (Å²) in [5, 5.41) is 6.93. The predicted octanol–water partition coefficient (Wildman–Crippen LogP) is 6.08. The van der Waals surface area contributed by atoms with Crippen LogP contribution in [0.4, 0.5) is 11.5 Å². The maximum Gasteiger partial charge on any atom is 0.258 e. The molecular weight excluding hydrogens is 408 g/mol. The summed E-state index contributed by atoms with van der Waals surface area (Å²) in [6.07, 6.45) is 9.08. The fourth-order valence-electron chi connectivity index (χ4n) is 4.42. The van der Waals surface area contributed by atoms with Crippen molar-refractivity contribution in [2.45, 2.75) is 58.4 Å². The molecule has 2 N–H and O–H groups in total. The Bertz CT molecular complexity index is 813. The first kappa shape index (κ1) is 23.6. The molecule has 0 bridgehead atoms. The normalized spacial score (nSPS) is 15.2. The van der Waals surface area contributed by atoms with Crippen LogP contribution in [-0.2, 0) is 0 Å². The van der Waals surface area contributed by atoms with Crippen molar-refractivity contribution in [1.82, 2.24) is 9.88 Å². The van der Waals surface area contributed by atoms with Crippen LogP contribution in [0, 0.1) is 5.92 Å². The molecule has 1 amide bonds. The molecule has 0 unspecified atom stereocenters. The molecule has 0 saturated carbocycles. The number of carbonyl (C=O) groups excluding carboxylic acids is 1. The zero-order valence-corrected chi connectivity index (χ0v) is 19.5. The van der Waals surface area contributed by atoms with E-state index in [1.165, 1.54) is 57.8 Å². The molecule has 1 aromatic heterocycles. The molecule has 1 aliphatic heterocycles. The fraction of sp³-hybridized carbons (Fsp3) is 0.520. The summed E-state index contributed by atoms with van der Waals surface area (Å²) in [6.45, 7) is 7.83. The third kappa shape index (κ3) is 6.94. The molecule has 5 nitrogen and oxygen atoms in total. The third-order valence-corrected chi connectivity index (χ3v) is 6.35. The SMILES string of the molecule is CCCC(CCC)N1CCC(CNc2ccccc2C(=O)Nc2ccc(Cl)cn2)CC1. The van der Waals surface area contributed by atoms with Gasteiger partial charge in [0.2, 0.25) is 0 Å². The van der Waals surface area contributed by atoms with Gasteiger partial charge in [-0.25, -0.2) is 4.98 Å². The van der Waals surface area contributed by atoms with Crippen molar-refractivity contribution >= 4 is 29.0 Å². The summed E-state index contributed by atoms with van der Waals surface area (Å²) in [7, 11) is 0. The average molecular weight is 443 g/mol. The molecule has 1 aliphatic rings. The van der Waals surface area contributed by atoms with Crippen molar-refractivity contribution in [3.8, 4) is 0 Å². The number of aromatic nitrogens is 1. The molecule has 2 heterocycles. The maximum absolute atomic E-state index is 12.8. The highest BCUT2D eigenvalue weighted by molar-refractivity contribution is 6.30. The third-order valence-electron chi connectivity index (χ3n) is 6.13. The minimum absolute atomic E-state index is 0.172. The van der Waals surface area contributed by atoms with Gasteiger partial charge in [-0.15, -0.1) is 0 Å². The standard InChI is InChI=1S/C25H35ClN4O/c1-3-7-21(8-4-2)30-15-13-19(14-16-30)17-27-23-10-6-5-9-22(23)25(31)29-24-12-11-20(26)18-28-24/h5-6,9-12,18-19,21,27H,3-4,7-8,13-17H2,1-2H3,(H,28,29,31). The topological polar surface area (TPSA) is 57.3 Å². The largest absolute Gasteiger partial charge is 0.384 e. The molecule has 3 rings (SSSR count). The first-order valence-corrected chi connectivity index (χ1v) is 12.0. The summed E-state index contributed by atoms with van der Waals surface area (Å²) in [5.41, 5.74) is 1.49. The highest BCUT2D eigenvalue weighted by atomic mass is 35.5.